The van der Waals surface area contributed by atoms with Crippen molar-refractivity contribution in [3.05, 3.63) is 24.3 Å². The molecule has 2 rings (SSSR count). The molecule has 0 radical (unpaired) electrons. The number of carboxylic acid groups (broad SMARTS) is 1. The van der Waals surface area contributed by atoms with Gasteiger partial charge >= 0.3 is 5.97 Å². The second kappa shape index (κ2) is 7.11. The molecule has 0 saturated carbocycles. The van der Waals surface area contributed by atoms with E-state index in [0.29, 0.717) is 6.07 Å². The van der Waals surface area contributed by atoms with Crippen LogP contribution in [0.5, 0.6) is 5.75 Å². The zero-order valence-corrected chi connectivity index (χ0v) is 14.9. The maximum absolute atomic E-state index is 11.9. The number of aromatic hydroxyl groups is 1. The van der Waals surface area contributed by atoms with Gasteiger partial charge in [-0.1, -0.05) is 0 Å². The lowest BCUT2D eigenvalue weighted by Crippen LogP contribution is -2.14. The summed E-state index contributed by atoms with van der Waals surface area (Å²) in [4.78, 5) is 20.9. The summed E-state index contributed by atoms with van der Waals surface area (Å²) in [5.41, 5.74) is -0.310. The van der Waals surface area contributed by atoms with Crippen LogP contribution in [0.15, 0.2) is 34.1 Å². The molecule has 27 heavy (non-hydrogen) atoms. The van der Waals surface area contributed by atoms with Gasteiger partial charge in [-0.15, -0.1) is 0 Å². The number of hydrogen-bond acceptors (Lipinski definition) is 7. The number of aliphatic carboxylic acids is 1. The van der Waals surface area contributed by atoms with Crippen molar-refractivity contribution in [1.82, 2.24) is 0 Å². The predicted octanol–water partition coefficient (Wildman–Crippen LogP) is 0.842. The quantitative estimate of drug-likeness (QED) is 0.418. The van der Waals surface area contributed by atoms with Crippen LogP contribution >= 0.6 is 0 Å². The summed E-state index contributed by atoms with van der Waals surface area (Å²) in [6, 6.07) is 3.14. The number of carboxylic acids is 1. The molecule has 0 atom stereocenters. The highest BCUT2D eigenvalue weighted by Gasteiger charge is 2.20. The molecule has 0 aliphatic carbocycles. The Balaban J connectivity index is 2.70. The Morgan fingerprint density at radius 2 is 1.41 bits per heavy atom. The number of nitrogens with one attached hydrogen (secondary N) is 1. The van der Waals surface area contributed by atoms with Gasteiger partial charge in [-0.25, -0.2) is 0 Å². The van der Waals surface area contributed by atoms with Gasteiger partial charge in [-0.05, 0) is 23.6 Å². The molecule has 2 aromatic rings. The van der Waals surface area contributed by atoms with Crippen molar-refractivity contribution in [2.24, 2.45) is 0 Å². The van der Waals surface area contributed by atoms with Gasteiger partial charge in [0.2, 0.25) is 5.91 Å². The van der Waals surface area contributed by atoms with Gasteiger partial charge in [0.25, 0.3) is 20.2 Å². The first kappa shape index (κ1) is 20.6. The van der Waals surface area contributed by atoms with E-state index in [1.165, 1.54) is 0 Å². The number of benzene rings is 2. The van der Waals surface area contributed by atoms with Crippen molar-refractivity contribution in [3.8, 4) is 5.75 Å². The van der Waals surface area contributed by atoms with Crippen LogP contribution < -0.4 is 5.32 Å². The van der Waals surface area contributed by atoms with Gasteiger partial charge in [-0.2, -0.15) is 16.8 Å². The number of phenolic OH excluding ortho intramolecular Hbond substituents is 1. The maximum Gasteiger partial charge on any atom is 0.303 e. The van der Waals surface area contributed by atoms with Gasteiger partial charge in [0.05, 0.1) is 21.9 Å². The van der Waals surface area contributed by atoms with Gasteiger partial charge in [0.15, 0.2) is 0 Å². The van der Waals surface area contributed by atoms with Crippen LogP contribution in [0.2, 0.25) is 0 Å². The largest absolute Gasteiger partial charge is 0.507 e. The van der Waals surface area contributed by atoms with E-state index in [2.05, 4.69) is 5.32 Å². The SMILES string of the molecule is O=C(O)CCC(=O)Nc1cc(S(=O)(=O)O)cc2cc(S(=O)(=O)O)cc(O)c12. The van der Waals surface area contributed by atoms with Crippen molar-refractivity contribution < 1.29 is 45.7 Å². The first-order valence-electron chi connectivity index (χ1n) is 7.06. The lowest BCUT2D eigenvalue weighted by molar-refractivity contribution is -0.138. The molecule has 0 aliphatic rings. The predicted molar refractivity (Wildman–Crippen MR) is 90.7 cm³/mol. The molecular weight excluding hydrogens is 406 g/mol. The molecule has 0 bridgehead atoms. The number of phenols is 1. The van der Waals surface area contributed by atoms with E-state index in [9.17, 15) is 36.1 Å². The maximum atomic E-state index is 11.9. The average molecular weight is 419 g/mol. The molecule has 11 nitrogen and oxygen atoms in total. The lowest BCUT2D eigenvalue weighted by atomic mass is 10.1. The molecule has 5 N–H and O–H groups in total. The highest BCUT2D eigenvalue weighted by atomic mass is 32.2. The minimum Gasteiger partial charge on any atom is -0.507 e. The summed E-state index contributed by atoms with van der Waals surface area (Å²) in [5.74, 6) is -2.79. The second-order valence-electron chi connectivity index (χ2n) is 5.40. The van der Waals surface area contributed by atoms with Crippen LogP contribution in [0.3, 0.4) is 0 Å². The van der Waals surface area contributed by atoms with Gasteiger partial charge in [0.1, 0.15) is 5.75 Å². The lowest BCUT2D eigenvalue weighted by Gasteiger charge is -2.13. The normalized spacial score (nSPS) is 12.1. The molecule has 1 amide bonds. The molecule has 0 aliphatic heterocycles. The third-order valence-corrected chi connectivity index (χ3v) is 5.07. The van der Waals surface area contributed by atoms with Crippen molar-refractivity contribution >= 4 is 48.6 Å². The summed E-state index contributed by atoms with van der Waals surface area (Å²) >= 11 is 0. The zero-order chi connectivity index (χ0) is 20.6. The highest BCUT2D eigenvalue weighted by Crippen LogP contribution is 2.36. The van der Waals surface area contributed by atoms with Crippen molar-refractivity contribution in [2.75, 3.05) is 5.32 Å². The van der Waals surface area contributed by atoms with Gasteiger partial charge < -0.3 is 15.5 Å². The number of rotatable bonds is 6. The number of anilines is 1. The van der Waals surface area contributed by atoms with Crippen LogP contribution in [0.1, 0.15) is 12.8 Å². The first-order chi connectivity index (χ1) is 12.3. The average Bonchev–Trinajstić information content (AvgIpc) is 2.50. The van der Waals surface area contributed by atoms with E-state index in [0.717, 1.165) is 18.2 Å². The molecular formula is C14H13NO10S2. The van der Waals surface area contributed by atoms with Gasteiger partial charge in [-0.3, -0.25) is 18.7 Å². The Morgan fingerprint density at radius 1 is 0.889 bits per heavy atom. The Hall–Kier alpha value is -2.74. The van der Waals surface area contributed by atoms with Crippen LogP contribution in [0, 0.1) is 0 Å². The third-order valence-electron chi connectivity index (χ3n) is 3.41. The molecule has 0 fully saturated rings. The van der Waals surface area contributed by atoms with Crippen molar-refractivity contribution in [1.29, 1.82) is 0 Å². The Labute approximate surface area is 152 Å². The Morgan fingerprint density at radius 3 is 1.89 bits per heavy atom. The van der Waals surface area contributed by atoms with Crippen LogP contribution in [0.4, 0.5) is 5.69 Å². The first-order valence-corrected chi connectivity index (χ1v) is 9.94. The zero-order valence-electron chi connectivity index (χ0n) is 13.3. The third kappa shape index (κ3) is 4.91. The van der Waals surface area contributed by atoms with Crippen LogP contribution in [0.25, 0.3) is 10.8 Å². The minimum absolute atomic E-state index is 0.182. The number of hydrogen-bond donors (Lipinski definition) is 5. The van der Waals surface area contributed by atoms with Crippen LogP contribution in [-0.4, -0.2) is 48.0 Å². The van der Waals surface area contributed by atoms with E-state index in [1.807, 2.05) is 0 Å². The molecule has 0 aromatic heterocycles. The van der Waals surface area contributed by atoms with E-state index in [-0.39, 0.29) is 16.5 Å². The molecule has 0 heterocycles. The van der Waals surface area contributed by atoms with E-state index in [4.69, 9.17) is 9.66 Å². The van der Waals surface area contributed by atoms with Crippen molar-refractivity contribution in [3.63, 3.8) is 0 Å². The highest BCUT2D eigenvalue weighted by molar-refractivity contribution is 7.86. The topological polar surface area (TPSA) is 195 Å². The van der Waals surface area contributed by atoms with E-state index < -0.39 is 60.5 Å². The summed E-state index contributed by atoms with van der Waals surface area (Å²) in [6.07, 6.45) is -0.975. The van der Waals surface area contributed by atoms with E-state index in [1.54, 1.807) is 0 Å². The monoisotopic (exact) mass is 419 g/mol. The summed E-state index contributed by atoms with van der Waals surface area (Å²) in [6.45, 7) is 0. The van der Waals surface area contributed by atoms with Crippen molar-refractivity contribution in [2.45, 2.75) is 22.6 Å². The summed E-state index contributed by atoms with van der Waals surface area (Å²) < 4.78 is 63.8. The molecule has 2 aromatic carbocycles. The van der Waals surface area contributed by atoms with Gasteiger partial charge in [0, 0.05) is 17.9 Å². The van der Waals surface area contributed by atoms with E-state index >= 15 is 0 Å². The summed E-state index contributed by atoms with van der Waals surface area (Å²) in [5, 5.41) is 20.5. The molecule has 0 unspecified atom stereocenters. The smallest absolute Gasteiger partial charge is 0.303 e. The van der Waals surface area contributed by atoms with Crippen LogP contribution in [-0.2, 0) is 29.8 Å². The summed E-state index contributed by atoms with van der Waals surface area (Å²) in [7, 11) is -9.52. The molecule has 0 saturated heterocycles. The number of carbonyl (C=O) groups excluding carboxylic acids is 1. The fourth-order valence-electron chi connectivity index (χ4n) is 2.27. The number of carbonyl (C=O) groups is 2. The molecule has 146 valence electrons. The number of fused-ring (bicyclic) bond motifs is 1. The minimum atomic E-state index is -4.78. The Bertz CT molecular complexity index is 1150. The molecule has 13 heteroatoms. The fraction of sp³-hybridized carbons (Fsp3) is 0.143. The number of amides is 1. The second-order valence-corrected chi connectivity index (χ2v) is 8.25. The fourth-order valence-corrected chi connectivity index (χ4v) is 3.35. The standard InChI is InChI=1S/C14H13NO10S2/c16-11-6-9(27(23,24)25)4-7-3-8(26(20,21)22)5-10(14(7)11)15-12(17)1-2-13(18)19/h3-6,16H,1-2H2,(H,15,17)(H,18,19)(H,20,21,22)(H,23,24,25). The Kier molecular flexibility index (Phi) is 5.42. The molecule has 0 spiro atoms.